The van der Waals surface area contributed by atoms with Crippen LogP contribution in [0.15, 0.2) is 47.6 Å². The molecule has 0 N–H and O–H groups in total. The number of rotatable bonds is 6. The van der Waals surface area contributed by atoms with E-state index in [4.69, 9.17) is 0 Å². The number of benzene rings is 1. The summed E-state index contributed by atoms with van der Waals surface area (Å²) in [5.41, 5.74) is 3.39. The Morgan fingerprint density at radius 3 is 2.47 bits per heavy atom. The van der Waals surface area contributed by atoms with Crippen LogP contribution in [0, 0.1) is 0 Å². The predicted molar refractivity (Wildman–Crippen MR) is 117 cm³/mol. The van der Waals surface area contributed by atoms with E-state index in [1.807, 2.05) is 30.1 Å². The highest BCUT2D eigenvalue weighted by atomic mass is 32.2. The number of sulfone groups is 2. The van der Waals surface area contributed by atoms with Crippen molar-refractivity contribution in [2.75, 3.05) is 25.1 Å². The third-order valence-electron chi connectivity index (χ3n) is 6.39. The normalized spacial score (nSPS) is 23.4. The van der Waals surface area contributed by atoms with Gasteiger partial charge in [-0.15, -0.1) is 0 Å². The van der Waals surface area contributed by atoms with Gasteiger partial charge < -0.3 is 4.90 Å². The average molecular weight is 449 g/mol. The van der Waals surface area contributed by atoms with Gasteiger partial charge in [0, 0.05) is 25.0 Å². The molecule has 2 heterocycles. The van der Waals surface area contributed by atoms with E-state index in [0.717, 1.165) is 36.8 Å². The SMILES string of the molecule is CN(CCc1ccncc1)[C@H]1CS(=O)(=O)C[C@@H]1S(=O)(=O)c1ccc2c(c1)CCCC2. The minimum Gasteiger partial charge on any atom is -0.301 e. The molecule has 0 bridgehead atoms. The monoisotopic (exact) mass is 448 g/mol. The zero-order chi connectivity index (χ0) is 21.4. The van der Waals surface area contributed by atoms with Crippen LogP contribution in [-0.4, -0.2) is 63.1 Å². The molecule has 30 heavy (non-hydrogen) atoms. The van der Waals surface area contributed by atoms with Gasteiger partial charge >= 0.3 is 0 Å². The largest absolute Gasteiger partial charge is 0.301 e. The molecular weight excluding hydrogens is 420 g/mol. The van der Waals surface area contributed by atoms with Crippen molar-refractivity contribution in [1.82, 2.24) is 9.88 Å². The van der Waals surface area contributed by atoms with E-state index in [1.165, 1.54) is 5.56 Å². The highest BCUT2D eigenvalue weighted by molar-refractivity contribution is 7.96. The Morgan fingerprint density at radius 2 is 1.73 bits per heavy atom. The molecule has 162 valence electrons. The van der Waals surface area contributed by atoms with E-state index in [0.29, 0.717) is 13.0 Å². The number of hydrogen-bond donors (Lipinski definition) is 0. The van der Waals surface area contributed by atoms with Crippen LogP contribution in [0.5, 0.6) is 0 Å². The van der Waals surface area contributed by atoms with Gasteiger partial charge in [-0.25, -0.2) is 16.8 Å². The molecule has 0 amide bonds. The van der Waals surface area contributed by atoms with Crippen molar-refractivity contribution < 1.29 is 16.8 Å². The molecule has 2 atom stereocenters. The molecule has 1 saturated heterocycles. The summed E-state index contributed by atoms with van der Waals surface area (Å²) in [5, 5.41) is -0.938. The van der Waals surface area contributed by atoms with Crippen LogP contribution in [0.2, 0.25) is 0 Å². The van der Waals surface area contributed by atoms with Crippen LogP contribution in [-0.2, 0) is 38.9 Å². The van der Waals surface area contributed by atoms with Crippen molar-refractivity contribution in [1.29, 1.82) is 0 Å². The lowest BCUT2D eigenvalue weighted by atomic mass is 9.92. The van der Waals surface area contributed by atoms with Crippen LogP contribution in [0.1, 0.15) is 29.5 Å². The molecule has 6 nitrogen and oxygen atoms in total. The molecule has 2 aromatic rings. The summed E-state index contributed by atoms with van der Waals surface area (Å²) < 4.78 is 51.9. The summed E-state index contributed by atoms with van der Waals surface area (Å²) >= 11 is 0. The van der Waals surface area contributed by atoms with Gasteiger partial charge in [-0.3, -0.25) is 4.98 Å². The molecule has 0 saturated carbocycles. The number of likely N-dealkylation sites (N-methyl/N-ethyl adjacent to an activating group) is 1. The summed E-state index contributed by atoms with van der Waals surface area (Å²) in [5.74, 6) is -0.425. The fourth-order valence-corrected chi connectivity index (χ4v) is 9.54. The van der Waals surface area contributed by atoms with Crippen molar-refractivity contribution >= 4 is 19.7 Å². The van der Waals surface area contributed by atoms with Crippen molar-refractivity contribution in [3.8, 4) is 0 Å². The van der Waals surface area contributed by atoms with Crippen LogP contribution >= 0.6 is 0 Å². The Hall–Kier alpha value is -1.77. The maximum absolute atomic E-state index is 13.5. The van der Waals surface area contributed by atoms with E-state index < -0.39 is 31.0 Å². The van der Waals surface area contributed by atoms with Crippen LogP contribution < -0.4 is 0 Å². The minimum atomic E-state index is -3.75. The lowest BCUT2D eigenvalue weighted by Crippen LogP contribution is -2.45. The minimum absolute atomic E-state index is 0.116. The fourth-order valence-electron chi connectivity index (χ4n) is 4.59. The third-order valence-corrected chi connectivity index (χ3v) is 10.5. The number of pyridine rings is 1. The first-order valence-corrected chi connectivity index (χ1v) is 13.8. The van der Waals surface area contributed by atoms with Gasteiger partial charge in [-0.05, 0) is 80.1 Å². The molecular formula is C22H28N2O4S2. The Balaban J connectivity index is 1.58. The fraction of sp³-hybridized carbons (Fsp3) is 0.500. The van der Waals surface area contributed by atoms with Crippen molar-refractivity contribution in [3.63, 3.8) is 0 Å². The summed E-state index contributed by atoms with van der Waals surface area (Å²) in [6.07, 6.45) is 8.21. The number of aryl methyl sites for hydroxylation is 2. The lowest BCUT2D eigenvalue weighted by molar-refractivity contribution is 0.266. The highest BCUT2D eigenvalue weighted by Gasteiger charge is 2.47. The lowest BCUT2D eigenvalue weighted by Gasteiger charge is -2.28. The quantitative estimate of drug-likeness (QED) is 0.673. The van der Waals surface area contributed by atoms with Crippen LogP contribution in [0.4, 0.5) is 0 Å². The van der Waals surface area contributed by atoms with Gasteiger partial charge in [0.25, 0.3) is 0 Å². The molecule has 4 rings (SSSR count). The molecule has 8 heteroatoms. The molecule has 2 aliphatic rings. The van der Waals surface area contributed by atoms with E-state index >= 15 is 0 Å². The smallest absolute Gasteiger partial charge is 0.183 e. The Kier molecular flexibility index (Phi) is 6.01. The van der Waals surface area contributed by atoms with Gasteiger partial charge in [0.1, 0.15) is 0 Å². The van der Waals surface area contributed by atoms with Gasteiger partial charge in [-0.1, -0.05) is 6.07 Å². The second-order valence-corrected chi connectivity index (χ2v) is 12.8. The molecule has 0 unspecified atom stereocenters. The second-order valence-electron chi connectivity index (χ2n) is 8.45. The summed E-state index contributed by atoms with van der Waals surface area (Å²) in [7, 11) is -5.34. The predicted octanol–water partition coefficient (Wildman–Crippen LogP) is 2.07. The first-order chi connectivity index (χ1) is 14.3. The Bertz CT molecular complexity index is 1120. The van der Waals surface area contributed by atoms with Gasteiger partial charge in [-0.2, -0.15) is 0 Å². The second kappa shape index (κ2) is 8.40. The molecule has 1 aromatic heterocycles. The van der Waals surface area contributed by atoms with Crippen LogP contribution in [0.3, 0.4) is 0 Å². The molecule has 0 radical (unpaired) electrons. The molecule has 1 aliphatic carbocycles. The van der Waals surface area contributed by atoms with E-state index in [-0.39, 0.29) is 16.4 Å². The van der Waals surface area contributed by atoms with Gasteiger partial charge in [0.15, 0.2) is 19.7 Å². The average Bonchev–Trinajstić information content (AvgIpc) is 3.09. The first kappa shape index (κ1) is 21.5. The van der Waals surface area contributed by atoms with E-state index in [1.54, 1.807) is 24.5 Å². The summed E-state index contributed by atoms with van der Waals surface area (Å²) in [6, 6.07) is 8.65. The van der Waals surface area contributed by atoms with Crippen molar-refractivity contribution in [2.24, 2.45) is 0 Å². The number of aromatic nitrogens is 1. The molecule has 1 aromatic carbocycles. The topological polar surface area (TPSA) is 84.4 Å². The highest BCUT2D eigenvalue weighted by Crippen LogP contribution is 2.31. The number of nitrogens with zero attached hydrogens (tertiary/aromatic N) is 2. The van der Waals surface area contributed by atoms with Crippen molar-refractivity contribution in [2.45, 2.75) is 48.3 Å². The first-order valence-electron chi connectivity index (χ1n) is 10.4. The van der Waals surface area contributed by atoms with Gasteiger partial charge in [0.05, 0.1) is 21.7 Å². The third kappa shape index (κ3) is 4.45. The van der Waals surface area contributed by atoms with Crippen LogP contribution in [0.25, 0.3) is 0 Å². The zero-order valence-electron chi connectivity index (χ0n) is 17.2. The zero-order valence-corrected chi connectivity index (χ0v) is 18.8. The molecule has 1 fully saturated rings. The summed E-state index contributed by atoms with van der Waals surface area (Å²) in [6.45, 7) is 0.584. The summed E-state index contributed by atoms with van der Waals surface area (Å²) in [4.78, 5) is 6.16. The molecule has 0 spiro atoms. The van der Waals surface area contributed by atoms with Crippen molar-refractivity contribution in [3.05, 3.63) is 59.4 Å². The number of fused-ring (bicyclic) bond motifs is 1. The van der Waals surface area contributed by atoms with E-state index in [2.05, 4.69) is 4.98 Å². The van der Waals surface area contributed by atoms with E-state index in [9.17, 15) is 16.8 Å². The maximum atomic E-state index is 13.5. The number of hydrogen-bond acceptors (Lipinski definition) is 6. The Labute approximate surface area is 179 Å². The standard InChI is InChI=1S/C22H28N2O4S2/c1-24(13-10-17-8-11-23-12-9-17)21-15-29(25,26)16-22(21)30(27,28)20-7-6-18-4-2-3-5-19(18)14-20/h6-9,11-12,14,21-22H,2-5,10,13,15-16H2,1H3/t21-,22-/m0/s1. The van der Waals surface area contributed by atoms with Gasteiger partial charge in [0.2, 0.25) is 0 Å². The molecule has 1 aliphatic heterocycles. The Morgan fingerprint density at radius 1 is 1.03 bits per heavy atom. The maximum Gasteiger partial charge on any atom is 0.183 e.